The van der Waals surface area contributed by atoms with E-state index in [1.54, 1.807) is 6.07 Å². The molecule has 1 aromatic carbocycles. The lowest BCUT2D eigenvalue weighted by Crippen LogP contribution is -2.11. The number of benzene rings is 1. The number of rotatable bonds is 2. The minimum atomic E-state index is -0.250. The number of hydrogen-bond acceptors (Lipinski definition) is 1. The van der Waals surface area contributed by atoms with E-state index < -0.39 is 0 Å². The van der Waals surface area contributed by atoms with E-state index in [9.17, 15) is 9.18 Å². The summed E-state index contributed by atoms with van der Waals surface area (Å²) in [5.41, 5.74) is 1.53. The number of carbonyl (C=O) groups excluding carboxylic acids is 1. The number of carbonyl (C=O) groups is 1. The van der Waals surface area contributed by atoms with Gasteiger partial charge in [0.1, 0.15) is 5.82 Å². The fraction of sp³-hybridized carbons (Fsp3) is 0.562. The minimum absolute atomic E-state index is 0.250. The molecule has 0 spiro atoms. The molecule has 4 atom stereocenters. The van der Waals surface area contributed by atoms with Gasteiger partial charge >= 0.3 is 0 Å². The fourth-order valence-electron chi connectivity index (χ4n) is 4.76. The van der Waals surface area contributed by atoms with Gasteiger partial charge in [-0.15, -0.1) is 0 Å². The SMILES string of the molecule is Cc1cc(F)ccc1C(=O)C1C2C3CCC(C3)C12. The van der Waals surface area contributed by atoms with Crippen LogP contribution in [0.2, 0.25) is 0 Å². The Kier molecular flexibility index (Phi) is 2.04. The molecule has 0 aromatic heterocycles. The zero-order valence-electron chi connectivity index (χ0n) is 10.5. The standard InChI is InChI=1S/C16H17FO/c1-8-6-11(17)4-5-12(8)16(18)15-13-9-2-3-10(7-9)14(13)15/h4-6,9-10,13-15H,2-3,7H2,1H3. The van der Waals surface area contributed by atoms with Gasteiger partial charge in [-0.05, 0) is 73.6 Å². The lowest BCUT2D eigenvalue weighted by atomic mass is 9.94. The Morgan fingerprint density at radius 2 is 1.89 bits per heavy atom. The lowest BCUT2D eigenvalue weighted by Gasteiger charge is -2.09. The number of hydrogen-bond donors (Lipinski definition) is 0. The van der Waals surface area contributed by atoms with Crippen molar-refractivity contribution in [2.24, 2.45) is 29.6 Å². The Morgan fingerprint density at radius 3 is 2.50 bits per heavy atom. The van der Waals surface area contributed by atoms with Crippen LogP contribution in [0, 0.1) is 42.3 Å². The number of fused-ring (bicyclic) bond motifs is 5. The first-order valence-corrected chi connectivity index (χ1v) is 6.97. The minimum Gasteiger partial charge on any atom is -0.294 e. The Morgan fingerprint density at radius 1 is 1.22 bits per heavy atom. The second-order valence-corrected chi connectivity index (χ2v) is 6.34. The van der Waals surface area contributed by atoms with Crippen molar-refractivity contribution < 1.29 is 9.18 Å². The quantitative estimate of drug-likeness (QED) is 0.726. The normalized spacial score (nSPS) is 39.8. The van der Waals surface area contributed by atoms with Gasteiger partial charge in [-0.2, -0.15) is 0 Å². The van der Waals surface area contributed by atoms with E-state index >= 15 is 0 Å². The third kappa shape index (κ3) is 1.29. The molecule has 3 fully saturated rings. The molecule has 1 nitrogen and oxygen atoms in total. The first-order valence-electron chi connectivity index (χ1n) is 6.97. The molecule has 94 valence electrons. The first-order chi connectivity index (χ1) is 8.66. The van der Waals surface area contributed by atoms with Gasteiger partial charge in [0.2, 0.25) is 0 Å². The maximum absolute atomic E-state index is 13.1. The van der Waals surface area contributed by atoms with E-state index in [0.717, 1.165) is 23.0 Å². The highest BCUT2D eigenvalue weighted by molar-refractivity contribution is 6.01. The predicted molar refractivity (Wildman–Crippen MR) is 66.8 cm³/mol. The average Bonchev–Trinajstić information content (AvgIpc) is 2.77. The van der Waals surface area contributed by atoms with Crippen molar-refractivity contribution in [1.82, 2.24) is 0 Å². The molecule has 4 unspecified atom stereocenters. The Labute approximate surface area is 106 Å². The Bertz CT molecular complexity index is 520. The summed E-state index contributed by atoms with van der Waals surface area (Å²) in [6.45, 7) is 1.84. The van der Waals surface area contributed by atoms with Crippen LogP contribution in [0.25, 0.3) is 0 Å². The summed E-state index contributed by atoms with van der Waals surface area (Å²) in [7, 11) is 0. The van der Waals surface area contributed by atoms with Crippen LogP contribution < -0.4 is 0 Å². The van der Waals surface area contributed by atoms with E-state index in [0.29, 0.717) is 11.8 Å². The predicted octanol–water partition coefficient (Wildman–Crippen LogP) is 3.61. The molecule has 0 radical (unpaired) electrons. The van der Waals surface area contributed by atoms with Crippen molar-refractivity contribution in [3.63, 3.8) is 0 Å². The molecule has 1 aromatic rings. The molecule has 3 saturated carbocycles. The van der Waals surface area contributed by atoms with Crippen molar-refractivity contribution in [3.8, 4) is 0 Å². The fourth-order valence-corrected chi connectivity index (χ4v) is 4.76. The van der Waals surface area contributed by atoms with Gasteiger partial charge in [-0.3, -0.25) is 4.79 Å². The molecular weight excluding hydrogens is 227 g/mol. The van der Waals surface area contributed by atoms with Gasteiger partial charge < -0.3 is 0 Å². The van der Waals surface area contributed by atoms with Gasteiger partial charge in [-0.25, -0.2) is 4.39 Å². The molecule has 0 aliphatic heterocycles. The van der Waals surface area contributed by atoms with Crippen LogP contribution in [0.1, 0.15) is 35.2 Å². The van der Waals surface area contributed by atoms with Crippen LogP contribution >= 0.6 is 0 Å². The second-order valence-electron chi connectivity index (χ2n) is 6.34. The molecule has 0 N–H and O–H groups in total. The first kappa shape index (κ1) is 10.7. The molecule has 0 heterocycles. The molecule has 4 rings (SSSR count). The van der Waals surface area contributed by atoms with Crippen LogP contribution in [0.15, 0.2) is 18.2 Å². The topological polar surface area (TPSA) is 17.1 Å². The van der Waals surface area contributed by atoms with Crippen molar-refractivity contribution in [1.29, 1.82) is 0 Å². The second kappa shape index (κ2) is 3.43. The molecule has 2 bridgehead atoms. The Balaban J connectivity index is 1.62. The zero-order valence-corrected chi connectivity index (χ0v) is 10.5. The van der Waals surface area contributed by atoms with E-state index in [-0.39, 0.29) is 17.5 Å². The van der Waals surface area contributed by atoms with Gasteiger partial charge in [0.05, 0.1) is 0 Å². The summed E-state index contributed by atoms with van der Waals surface area (Å²) in [4.78, 5) is 12.5. The number of Topliss-reactive ketones (excluding diaryl/α,β-unsaturated/α-hetero) is 1. The van der Waals surface area contributed by atoms with Crippen LogP contribution in [0.3, 0.4) is 0 Å². The monoisotopic (exact) mass is 244 g/mol. The van der Waals surface area contributed by atoms with Gasteiger partial charge in [0, 0.05) is 11.5 Å². The third-order valence-corrected chi connectivity index (χ3v) is 5.49. The molecule has 0 amide bonds. The maximum Gasteiger partial charge on any atom is 0.166 e. The number of halogens is 1. The average molecular weight is 244 g/mol. The van der Waals surface area contributed by atoms with Gasteiger partial charge in [-0.1, -0.05) is 0 Å². The van der Waals surface area contributed by atoms with Crippen LogP contribution in [0.5, 0.6) is 0 Å². The van der Waals surface area contributed by atoms with Gasteiger partial charge in [0.15, 0.2) is 5.78 Å². The number of ketones is 1. The maximum atomic E-state index is 13.1. The molecular formula is C16H17FO. The van der Waals surface area contributed by atoms with Crippen LogP contribution in [-0.2, 0) is 0 Å². The Hall–Kier alpha value is -1.18. The van der Waals surface area contributed by atoms with Crippen molar-refractivity contribution in [3.05, 3.63) is 35.1 Å². The zero-order chi connectivity index (χ0) is 12.4. The van der Waals surface area contributed by atoms with Crippen molar-refractivity contribution in [2.45, 2.75) is 26.2 Å². The van der Waals surface area contributed by atoms with E-state index in [4.69, 9.17) is 0 Å². The summed E-state index contributed by atoms with van der Waals surface area (Å²) in [6, 6.07) is 4.55. The molecule has 3 aliphatic carbocycles. The third-order valence-electron chi connectivity index (χ3n) is 5.49. The molecule has 0 saturated heterocycles. The highest BCUT2D eigenvalue weighted by Gasteiger charge is 2.67. The van der Waals surface area contributed by atoms with Gasteiger partial charge in [0.25, 0.3) is 0 Å². The molecule has 2 heteroatoms. The summed E-state index contributed by atoms with van der Waals surface area (Å²) in [5, 5.41) is 0. The van der Waals surface area contributed by atoms with E-state index in [2.05, 4.69) is 0 Å². The van der Waals surface area contributed by atoms with Crippen molar-refractivity contribution >= 4 is 5.78 Å². The summed E-state index contributed by atoms with van der Waals surface area (Å²) in [5.74, 6) is 3.26. The van der Waals surface area contributed by atoms with Crippen molar-refractivity contribution in [2.75, 3.05) is 0 Å². The summed E-state index contributed by atoms with van der Waals surface area (Å²) in [6.07, 6.45) is 4.03. The van der Waals surface area contributed by atoms with E-state index in [1.165, 1.54) is 31.4 Å². The highest BCUT2D eigenvalue weighted by Crippen LogP contribution is 2.69. The number of aryl methyl sites for hydroxylation is 1. The summed E-state index contributed by atoms with van der Waals surface area (Å²) < 4.78 is 13.1. The highest BCUT2D eigenvalue weighted by atomic mass is 19.1. The lowest BCUT2D eigenvalue weighted by molar-refractivity contribution is 0.0944. The molecule has 3 aliphatic rings. The van der Waals surface area contributed by atoms with Crippen LogP contribution in [0.4, 0.5) is 4.39 Å². The smallest absolute Gasteiger partial charge is 0.166 e. The van der Waals surface area contributed by atoms with E-state index in [1.807, 2.05) is 6.92 Å². The molecule has 18 heavy (non-hydrogen) atoms. The summed E-state index contributed by atoms with van der Waals surface area (Å²) >= 11 is 0. The largest absolute Gasteiger partial charge is 0.294 e. The van der Waals surface area contributed by atoms with Crippen LogP contribution in [-0.4, -0.2) is 5.78 Å².